The summed E-state index contributed by atoms with van der Waals surface area (Å²) in [6, 6.07) is -0.0264. The van der Waals surface area contributed by atoms with Crippen LogP contribution in [0.4, 0.5) is 0 Å². The Kier molecular flexibility index (Phi) is 6.42. The molecule has 0 bridgehead atoms. The zero-order valence-corrected chi connectivity index (χ0v) is 12.9. The summed E-state index contributed by atoms with van der Waals surface area (Å²) in [6.07, 6.45) is 3.13. The van der Waals surface area contributed by atoms with Gasteiger partial charge in [-0.3, -0.25) is 4.79 Å². The zero-order valence-electron chi connectivity index (χ0n) is 12.0. The summed E-state index contributed by atoms with van der Waals surface area (Å²) in [5.41, 5.74) is 5.45. The Bertz CT molecular complexity index is 436. The Balaban J connectivity index is 0.00000200. The fourth-order valence-electron chi connectivity index (χ4n) is 2.35. The minimum atomic E-state index is -0.0264. The lowest BCUT2D eigenvalue weighted by atomic mass is 10.2. The van der Waals surface area contributed by atoms with E-state index in [-0.39, 0.29) is 30.3 Å². The molecule has 1 fully saturated rings. The molecular formula is C13H23ClN4O2. The smallest absolute Gasteiger partial charge is 0.229 e. The van der Waals surface area contributed by atoms with Crippen LogP contribution in [0.25, 0.3) is 0 Å². The fraction of sp³-hybridized carbons (Fsp3) is 0.769. The highest BCUT2D eigenvalue weighted by Gasteiger charge is 2.33. The lowest BCUT2D eigenvalue weighted by Crippen LogP contribution is -2.31. The molecule has 1 amide bonds. The molecule has 1 unspecified atom stereocenters. The first-order valence-corrected chi connectivity index (χ1v) is 6.96. The van der Waals surface area contributed by atoms with Gasteiger partial charge in [-0.25, -0.2) is 0 Å². The van der Waals surface area contributed by atoms with Crippen LogP contribution in [0.2, 0.25) is 0 Å². The van der Waals surface area contributed by atoms with Gasteiger partial charge in [0.15, 0.2) is 5.82 Å². The minimum absolute atomic E-state index is 0. The van der Waals surface area contributed by atoms with Crippen LogP contribution in [0, 0.1) is 0 Å². The summed E-state index contributed by atoms with van der Waals surface area (Å²) < 4.78 is 5.23. The van der Waals surface area contributed by atoms with Crippen molar-refractivity contribution in [2.24, 2.45) is 5.73 Å². The van der Waals surface area contributed by atoms with Crippen molar-refractivity contribution in [2.75, 3.05) is 13.1 Å². The molecule has 1 aromatic rings. The SMILES string of the molecule is CC(C)c1nc(C2CCCN2C(=O)CCCN)no1.Cl. The topological polar surface area (TPSA) is 85.2 Å². The quantitative estimate of drug-likeness (QED) is 0.899. The van der Waals surface area contributed by atoms with Crippen LogP contribution in [0.3, 0.4) is 0 Å². The van der Waals surface area contributed by atoms with Crippen molar-refractivity contribution in [2.45, 2.75) is 51.5 Å². The van der Waals surface area contributed by atoms with Gasteiger partial charge in [-0.1, -0.05) is 19.0 Å². The molecule has 0 spiro atoms. The lowest BCUT2D eigenvalue weighted by molar-refractivity contribution is -0.132. The highest BCUT2D eigenvalue weighted by Crippen LogP contribution is 2.31. The second-order valence-electron chi connectivity index (χ2n) is 5.28. The zero-order chi connectivity index (χ0) is 13.8. The standard InChI is InChI=1S/C13H22N4O2.ClH/c1-9(2)13-15-12(16-19-13)10-5-4-8-17(10)11(18)6-3-7-14;/h9-10H,3-8,14H2,1-2H3;1H. The van der Waals surface area contributed by atoms with Gasteiger partial charge in [-0.15, -0.1) is 12.4 Å². The van der Waals surface area contributed by atoms with Crippen LogP contribution in [-0.4, -0.2) is 34.0 Å². The van der Waals surface area contributed by atoms with Gasteiger partial charge in [0.25, 0.3) is 0 Å². The highest BCUT2D eigenvalue weighted by atomic mass is 35.5. The van der Waals surface area contributed by atoms with Gasteiger partial charge in [-0.05, 0) is 25.8 Å². The van der Waals surface area contributed by atoms with Gasteiger partial charge >= 0.3 is 0 Å². The number of nitrogens with two attached hydrogens (primary N) is 1. The van der Waals surface area contributed by atoms with Crippen molar-refractivity contribution in [1.82, 2.24) is 15.0 Å². The van der Waals surface area contributed by atoms with Crippen molar-refractivity contribution in [3.63, 3.8) is 0 Å². The van der Waals surface area contributed by atoms with E-state index in [1.165, 1.54) is 0 Å². The van der Waals surface area contributed by atoms with Crippen LogP contribution in [0.1, 0.15) is 63.2 Å². The number of aromatic nitrogens is 2. The highest BCUT2D eigenvalue weighted by molar-refractivity contribution is 5.85. The molecule has 0 aromatic carbocycles. The van der Waals surface area contributed by atoms with E-state index in [1.54, 1.807) is 0 Å². The Morgan fingerprint density at radius 2 is 2.30 bits per heavy atom. The predicted octanol–water partition coefficient (Wildman–Crippen LogP) is 2.02. The fourth-order valence-corrected chi connectivity index (χ4v) is 2.35. The van der Waals surface area contributed by atoms with Crippen LogP contribution in [-0.2, 0) is 4.79 Å². The molecule has 2 rings (SSSR count). The van der Waals surface area contributed by atoms with Crippen molar-refractivity contribution >= 4 is 18.3 Å². The molecule has 114 valence electrons. The summed E-state index contributed by atoms with van der Waals surface area (Å²) in [4.78, 5) is 18.4. The van der Waals surface area contributed by atoms with E-state index in [4.69, 9.17) is 10.3 Å². The molecule has 0 aliphatic carbocycles. The first-order chi connectivity index (χ1) is 9.13. The third kappa shape index (κ3) is 3.70. The van der Waals surface area contributed by atoms with E-state index in [0.29, 0.717) is 24.7 Å². The maximum atomic E-state index is 12.1. The Hall–Kier alpha value is -1.14. The van der Waals surface area contributed by atoms with E-state index >= 15 is 0 Å². The molecule has 1 aliphatic heterocycles. The van der Waals surface area contributed by atoms with Gasteiger partial charge in [0.05, 0.1) is 6.04 Å². The summed E-state index contributed by atoms with van der Waals surface area (Å²) in [5.74, 6) is 1.63. The average molecular weight is 303 g/mol. The molecule has 2 heterocycles. The van der Waals surface area contributed by atoms with E-state index in [1.807, 2.05) is 18.7 Å². The van der Waals surface area contributed by atoms with Gasteiger partial charge < -0.3 is 15.2 Å². The van der Waals surface area contributed by atoms with Crippen LogP contribution < -0.4 is 5.73 Å². The predicted molar refractivity (Wildman–Crippen MR) is 77.6 cm³/mol. The van der Waals surface area contributed by atoms with Crippen LogP contribution >= 0.6 is 12.4 Å². The first-order valence-electron chi connectivity index (χ1n) is 6.96. The number of hydrogen-bond donors (Lipinski definition) is 1. The molecule has 1 aromatic heterocycles. The van der Waals surface area contributed by atoms with E-state index in [9.17, 15) is 4.79 Å². The van der Waals surface area contributed by atoms with Gasteiger partial charge in [0.2, 0.25) is 11.8 Å². The molecule has 0 radical (unpaired) electrons. The Morgan fingerprint density at radius 3 is 2.90 bits per heavy atom. The maximum absolute atomic E-state index is 12.1. The normalized spacial score (nSPS) is 18.4. The minimum Gasteiger partial charge on any atom is -0.339 e. The van der Waals surface area contributed by atoms with Crippen LogP contribution in [0.5, 0.6) is 0 Å². The average Bonchev–Trinajstić information content (AvgIpc) is 3.02. The van der Waals surface area contributed by atoms with Crippen molar-refractivity contribution < 1.29 is 9.32 Å². The van der Waals surface area contributed by atoms with Gasteiger partial charge in [0, 0.05) is 18.9 Å². The number of nitrogens with zero attached hydrogens (tertiary/aromatic N) is 3. The maximum Gasteiger partial charge on any atom is 0.229 e. The number of rotatable bonds is 5. The number of likely N-dealkylation sites (tertiary alicyclic amines) is 1. The summed E-state index contributed by atoms with van der Waals surface area (Å²) >= 11 is 0. The summed E-state index contributed by atoms with van der Waals surface area (Å²) in [7, 11) is 0. The molecule has 6 nitrogen and oxygen atoms in total. The van der Waals surface area contributed by atoms with Crippen LogP contribution in [0.15, 0.2) is 4.52 Å². The molecule has 1 atom stereocenters. The molecule has 1 aliphatic rings. The third-order valence-corrected chi connectivity index (χ3v) is 3.42. The van der Waals surface area contributed by atoms with E-state index in [0.717, 1.165) is 25.8 Å². The second-order valence-corrected chi connectivity index (χ2v) is 5.28. The molecule has 20 heavy (non-hydrogen) atoms. The largest absolute Gasteiger partial charge is 0.339 e. The number of hydrogen-bond acceptors (Lipinski definition) is 5. The van der Waals surface area contributed by atoms with E-state index in [2.05, 4.69) is 10.1 Å². The van der Waals surface area contributed by atoms with Gasteiger partial charge in [0.1, 0.15) is 0 Å². The number of halogens is 1. The van der Waals surface area contributed by atoms with Gasteiger partial charge in [-0.2, -0.15) is 4.98 Å². The second kappa shape index (κ2) is 7.59. The van der Waals surface area contributed by atoms with E-state index < -0.39 is 0 Å². The third-order valence-electron chi connectivity index (χ3n) is 3.42. The lowest BCUT2D eigenvalue weighted by Gasteiger charge is -2.22. The first kappa shape index (κ1) is 16.9. The number of carbonyl (C=O) groups is 1. The Labute approximate surface area is 125 Å². The molecule has 1 saturated heterocycles. The summed E-state index contributed by atoms with van der Waals surface area (Å²) in [6.45, 7) is 5.34. The van der Waals surface area contributed by atoms with Crippen molar-refractivity contribution in [3.8, 4) is 0 Å². The monoisotopic (exact) mass is 302 g/mol. The molecule has 0 saturated carbocycles. The number of carbonyl (C=O) groups excluding carboxylic acids is 1. The molecule has 7 heteroatoms. The number of amides is 1. The van der Waals surface area contributed by atoms with Crippen molar-refractivity contribution in [1.29, 1.82) is 0 Å². The summed E-state index contributed by atoms with van der Waals surface area (Å²) in [5, 5.41) is 4.03. The molecule has 2 N–H and O–H groups in total. The Morgan fingerprint density at radius 1 is 1.55 bits per heavy atom. The van der Waals surface area contributed by atoms with Crippen molar-refractivity contribution in [3.05, 3.63) is 11.7 Å². The molecular weight excluding hydrogens is 280 g/mol.